The van der Waals surface area contributed by atoms with Gasteiger partial charge >= 0.3 is 0 Å². The molecular weight excluding hydrogens is 466 g/mol. The van der Waals surface area contributed by atoms with E-state index < -0.39 is 0 Å². The van der Waals surface area contributed by atoms with Gasteiger partial charge in [0.05, 0.1) is 12.2 Å². The van der Waals surface area contributed by atoms with Crippen LogP contribution in [0.1, 0.15) is 35.2 Å². The normalized spacial score (nSPS) is 20.8. The third-order valence-electron chi connectivity index (χ3n) is 8.43. The molecule has 2 heterocycles. The highest BCUT2D eigenvalue weighted by Gasteiger charge is 2.54. The molecule has 0 N–H and O–H groups in total. The van der Waals surface area contributed by atoms with Crippen LogP contribution < -0.4 is 0 Å². The lowest BCUT2D eigenvalue weighted by Crippen LogP contribution is -2.47. The molecule has 0 radical (unpaired) electrons. The molecule has 2 fully saturated rings. The number of ketones is 1. The molecule has 1 saturated carbocycles. The van der Waals surface area contributed by atoms with Crippen molar-refractivity contribution in [1.82, 2.24) is 9.88 Å². The van der Waals surface area contributed by atoms with Gasteiger partial charge in [-0.3, -0.25) is 14.8 Å². The largest absolute Gasteiger partial charge is 0.359 e. The van der Waals surface area contributed by atoms with Crippen LogP contribution in [0.2, 0.25) is 0 Å². The highest BCUT2D eigenvalue weighted by molar-refractivity contribution is 5.88. The zero-order chi connectivity index (χ0) is 25.8. The molecule has 1 aliphatic heterocycles. The van der Waals surface area contributed by atoms with Gasteiger partial charge in [0.15, 0.2) is 0 Å². The van der Waals surface area contributed by atoms with Gasteiger partial charge in [0.2, 0.25) is 0 Å². The van der Waals surface area contributed by atoms with Crippen LogP contribution in [0.3, 0.4) is 0 Å². The lowest BCUT2D eigenvalue weighted by molar-refractivity contribution is -0.126. The molecule has 1 aromatic heterocycles. The molecule has 0 bridgehead atoms. The molecule has 3 aromatic carbocycles. The van der Waals surface area contributed by atoms with E-state index in [1.165, 1.54) is 16.7 Å². The number of rotatable bonds is 6. The van der Waals surface area contributed by atoms with E-state index in [-0.39, 0.29) is 17.3 Å². The van der Waals surface area contributed by atoms with Crippen LogP contribution in [0.25, 0.3) is 0 Å². The van der Waals surface area contributed by atoms with Crippen molar-refractivity contribution >= 4 is 11.6 Å². The number of Topliss-reactive ketones (excluding diaryl/α,β-unsaturated/α-hetero) is 1. The van der Waals surface area contributed by atoms with Crippen molar-refractivity contribution in [3.05, 3.63) is 138 Å². The van der Waals surface area contributed by atoms with Crippen molar-refractivity contribution in [2.45, 2.75) is 31.2 Å². The van der Waals surface area contributed by atoms with Gasteiger partial charge in [-0.15, -0.1) is 0 Å². The van der Waals surface area contributed by atoms with Gasteiger partial charge in [-0.05, 0) is 35.2 Å². The van der Waals surface area contributed by atoms with E-state index in [1.54, 1.807) is 0 Å². The van der Waals surface area contributed by atoms with E-state index in [0.29, 0.717) is 18.7 Å². The van der Waals surface area contributed by atoms with E-state index in [2.05, 4.69) is 94.8 Å². The van der Waals surface area contributed by atoms with Gasteiger partial charge in [0, 0.05) is 49.4 Å². The number of hydrogen-bond donors (Lipinski definition) is 0. The second-order valence-corrected chi connectivity index (χ2v) is 10.5. The van der Waals surface area contributed by atoms with Crippen LogP contribution in [0.5, 0.6) is 0 Å². The minimum atomic E-state index is -0.200. The first-order valence-electron chi connectivity index (χ1n) is 13.6. The lowest BCUT2D eigenvalue weighted by atomic mass is 9.56. The highest BCUT2D eigenvalue weighted by atomic mass is 16.1. The summed E-state index contributed by atoms with van der Waals surface area (Å²) in [5, 5.41) is 0. The van der Waals surface area contributed by atoms with Crippen molar-refractivity contribution < 1.29 is 4.79 Å². The van der Waals surface area contributed by atoms with E-state index in [0.717, 1.165) is 37.5 Å². The molecule has 6 rings (SSSR count). The first-order chi connectivity index (χ1) is 18.7. The monoisotopic (exact) mass is 499 g/mol. The number of benzene rings is 3. The average molecular weight is 500 g/mol. The van der Waals surface area contributed by atoms with E-state index in [1.807, 2.05) is 30.5 Å². The molecule has 4 heteroatoms. The molecule has 0 amide bonds. The second-order valence-electron chi connectivity index (χ2n) is 10.5. The van der Waals surface area contributed by atoms with Crippen molar-refractivity contribution in [2.24, 2.45) is 16.8 Å². The minimum Gasteiger partial charge on any atom is -0.359 e. The van der Waals surface area contributed by atoms with Crippen LogP contribution in [0, 0.1) is 11.8 Å². The first-order valence-corrected chi connectivity index (χ1v) is 13.6. The summed E-state index contributed by atoms with van der Waals surface area (Å²) in [6.45, 7) is 2.07. The van der Waals surface area contributed by atoms with E-state index in [4.69, 9.17) is 4.99 Å². The average Bonchev–Trinajstić information content (AvgIpc) is 3.45. The maximum Gasteiger partial charge on any atom is 0.138 e. The summed E-state index contributed by atoms with van der Waals surface area (Å²) in [6, 6.07) is 38.2. The van der Waals surface area contributed by atoms with Crippen LogP contribution >= 0.6 is 0 Å². The highest BCUT2D eigenvalue weighted by Crippen LogP contribution is 2.52. The number of carbonyl (C=O) groups is 1. The topological polar surface area (TPSA) is 45.6 Å². The number of fused-ring (bicyclic) bond motifs is 1. The van der Waals surface area contributed by atoms with Crippen molar-refractivity contribution in [2.75, 3.05) is 13.1 Å². The Balaban J connectivity index is 1.39. The molecule has 38 heavy (non-hydrogen) atoms. The minimum absolute atomic E-state index is 0.0139. The molecule has 1 saturated heterocycles. The molecule has 2 atom stereocenters. The van der Waals surface area contributed by atoms with Gasteiger partial charge < -0.3 is 4.90 Å². The Hall–Kier alpha value is -4.05. The van der Waals surface area contributed by atoms with Crippen molar-refractivity contribution in [1.29, 1.82) is 0 Å². The van der Waals surface area contributed by atoms with Gasteiger partial charge in [-0.1, -0.05) is 97.1 Å². The summed E-state index contributed by atoms with van der Waals surface area (Å²) in [4.78, 5) is 25.5. The number of hydrogen-bond acceptors (Lipinski definition) is 3. The fraction of sp³-hybridized carbons (Fsp3) is 0.265. The fourth-order valence-electron chi connectivity index (χ4n) is 6.60. The van der Waals surface area contributed by atoms with Crippen molar-refractivity contribution in [3.8, 4) is 0 Å². The second kappa shape index (κ2) is 10.7. The third kappa shape index (κ3) is 4.67. The summed E-state index contributed by atoms with van der Waals surface area (Å²) in [7, 11) is 0. The molecule has 4 nitrogen and oxygen atoms in total. The Labute approximate surface area is 225 Å². The standard InChI is InChI=1S/C34H33N3O/c38-32-19-20-34(27-14-6-2-7-15-27,28-16-8-3-9-17-28)31-25-37(24-30(31)32)33(22-26-12-4-1-5-13-26)36-23-29-18-10-11-21-35-29/h1-18,21,30-31H,19-20,22-25H2. The maximum atomic E-state index is 13.5. The number of aliphatic imine (C=N–C) groups is 1. The molecule has 190 valence electrons. The molecule has 4 aromatic rings. The fourth-order valence-corrected chi connectivity index (χ4v) is 6.60. The van der Waals surface area contributed by atoms with Crippen LogP contribution in [-0.2, 0) is 23.2 Å². The van der Waals surface area contributed by atoms with Gasteiger partial charge in [0.25, 0.3) is 0 Å². The molecular formula is C34H33N3O. The Morgan fingerprint density at radius 1 is 0.816 bits per heavy atom. The zero-order valence-corrected chi connectivity index (χ0v) is 21.6. The summed E-state index contributed by atoms with van der Waals surface area (Å²) < 4.78 is 0. The lowest BCUT2D eigenvalue weighted by Gasteiger charge is -2.45. The van der Waals surface area contributed by atoms with Crippen molar-refractivity contribution in [3.63, 3.8) is 0 Å². The number of carbonyl (C=O) groups excluding carboxylic acids is 1. The van der Waals surface area contributed by atoms with Crippen LogP contribution in [0.15, 0.2) is 120 Å². The zero-order valence-electron chi connectivity index (χ0n) is 21.6. The molecule has 2 aliphatic rings. The van der Waals surface area contributed by atoms with Gasteiger partial charge in [0.1, 0.15) is 11.6 Å². The van der Waals surface area contributed by atoms with Crippen LogP contribution in [0.4, 0.5) is 0 Å². The Kier molecular flexibility index (Phi) is 6.87. The smallest absolute Gasteiger partial charge is 0.138 e. The summed E-state index contributed by atoms with van der Waals surface area (Å²) >= 11 is 0. The van der Waals surface area contributed by atoms with E-state index >= 15 is 0 Å². The Morgan fingerprint density at radius 3 is 2.08 bits per heavy atom. The molecule has 2 unspecified atom stereocenters. The van der Waals surface area contributed by atoms with E-state index in [9.17, 15) is 4.79 Å². The van der Waals surface area contributed by atoms with Gasteiger partial charge in [-0.2, -0.15) is 0 Å². The number of amidine groups is 1. The molecule has 0 spiro atoms. The van der Waals surface area contributed by atoms with Crippen LogP contribution in [-0.4, -0.2) is 34.6 Å². The quantitative estimate of drug-likeness (QED) is 0.237. The summed E-state index contributed by atoms with van der Waals surface area (Å²) in [5.41, 5.74) is 4.60. The Bertz CT molecular complexity index is 1350. The van der Waals surface area contributed by atoms with Gasteiger partial charge in [-0.25, -0.2) is 0 Å². The summed E-state index contributed by atoms with van der Waals surface area (Å²) in [6.07, 6.45) is 4.01. The number of nitrogens with zero attached hydrogens (tertiary/aromatic N) is 3. The Morgan fingerprint density at radius 2 is 1.45 bits per heavy atom. The third-order valence-corrected chi connectivity index (χ3v) is 8.43. The number of pyridine rings is 1. The number of aromatic nitrogens is 1. The summed E-state index contributed by atoms with van der Waals surface area (Å²) in [5.74, 6) is 1.60. The predicted octanol–water partition coefficient (Wildman–Crippen LogP) is 6.12. The predicted molar refractivity (Wildman–Crippen MR) is 152 cm³/mol. The molecule has 1 aliphatic carbocycles. The number of likely N-dealkylation sites (tertiary alicyclic amines) is 1. The maximum absolute atomic E-state index is 13.5. The first kappa shape index (κ1) is 24.3. The SMILES string of the molecule is O=C1CCC(c2ccccc2)(c2ccccc2)C2CN(C(Cc3ccccc3)=NCc3ccccn3)CC12.